The van der Waals surface area contributed by atoms with Crippen molar-refractivity contribution >= 4 is 10.9 Å². The minimum atomic E-state index is 0.435. The molecule has 1 saturated heterocycles. The van der Waals surface area contributed by atoms with E-state index in [9.17, 15) is 0 Å². The van der Waals surface area contributed by atoms with Crippen molar-refractivity contribution in [3.05, 3.63) is 83.8 Å². The highest BCUT2D eigenvalue weighted by molar-refractivity contribution is 5.81. The quantitative estimate of drug-likeness (QED) is 0.481. The van der Waals surface area contributed by atoms with Crippen molar-refractivity contribution in [2.75, 3.05) is 20.2 Å². The molecule has 31 heavy (non-hydrogen) atoms. The Labute approximate surface area is 181 Å². The van der Waals surface area contributed by atoms with Crippen molar-refractivity contribution in [1.29, 1.82) is 0 Å². The predicted molar refractivity (Wildman–Crippen MR) is 120 cm³/mol. The molecule has 1 atom stereocenters. The monoisotopic (exact) mass is 414 g/mol. The Morgan fingerprint density at radius 1 is 1.06 bits per heavy atom. The fourth-order valence-electron chi connectivity index (χ4n) is 4.32. The Kier molecular flexibility index (Phi) is 5.54. The highest BCUT2D eigenvalue weighted by Gasteiger charge is 2.26. The lowest BCUT2D eigenvalue weighted by molar-refractivity contribution is 0.280. The number of methoxy groups -OCH3 is 1. The van der Waals surface area contributed by atoms with Gasteiger partial charge in [-0.25, -0.2) is 0 Å². The molecule has 0 amide bonds. The van der Waals surface area contributed by atoms with E-state index in [1.807, 2.05) is 36.5 Å². The van der Waals surface area contributed by atoms with Gasteiger partial charge in [0.05, 0.1) is 24.0 Å². The molecule has 1 N–H and O–H groups in total. The third kappa shape index (κ3) is 4.25. The SMILES string of the molecule is COc1ccccc1OCc1cc(C2CCN(Cc3cccc4ncccc34)C2)n[nH]1. The van der Waals surface area contributed by atoms with E-state index in [2.05, 4.69) is 50.4 Å². The summed E-state index contributed by atoms with van der Waals surface area (Å²) in [6.45, 7) is 3.45. The molecular formula is C25H26N4O2. The van der Waals surface area contributed by atoms with Crippen LogP contribution < -0.4 is 9.47 Å². The second kappa shape index (κ2) is 8.78. The van der Waals surface area contributed by atoms with Gasteiger partial charge in [0.2, 0.25) is 0 Å². The van der Waals surface area contributed by atoms with Crippen LogP contribution in [0.2, 0.25) is 0 Å². The highest BCUT2D eigenvalue weighted by Crippen LogP contribution is 2.30. The van der Waals surface area contributed by atoms with Crippen LogP contribution in [0.4, 0.5) is 0 Å². The Bertz CT molecular complexity index is 1170. The van der Waals surface area contributed by atoms with E-state index < -0.39 is 0 Å². The standard InChI is InChI=1S/C25H26N4O2/c1-30-24-9-2-3-10-25(24)31-17-20-14-23(28-27-20)19-11-13-29(16-19)15-18-6-4-8-22-21(18)7-5-12-26-22/h2-10,12,14,19H,11,13,15-17H2,1H3,(H,27,28). The van der Waals surface area contributed by atoms with E-state index in [1.165, 1.54) is 10.9 Å². The van der Waals surface area contributed by atoms with Crippen LogP contribution >= 0.6 is 0 Å². The summed E-state index contributed by atoms with van der Waals surface area (Å²) in [5.41, 5.74) is 4.47. The van der Waals surface area contributed by atoms with Crippen molar-refractivity contribution in [1.82, 2.24) is 20.1 Å². The van der Waals surface area contributed by atoms with Crippen LogP contribution in [-0.2, 0) is 13.2 Å². The van der Waals surface area contributed by atoms with Crippen LogP contribution in [0.25, 0.3) is 10.9 Å². The molecule has 5 rings (SSSR count). The van der Waals surface area contributed by atoms with Crippen LogP contribution in [0.5, 0.6) is 11.5 Å². The Balaban J connectivity index is 1.21. The lowest BCUT2D eigenvalue weighted by Gasteiger charge is -2.17. The minimum absolute atomic E-state index is 0.435. The Morgan fingerprint density at radius 3 is 2.87 bits per heavy atom. The number of nitrogens with zero attached hydrogens (tertiary/aromatic N) is 3. The first-order valence-electron chi connectivity index (χ1n) is 10.6. The molecule has 2 aromatic heterocycles. The first kappa shape index (κ1) is 19.6. The maximum absolute atomic E-state index is 5.92. The summed E-state index contributed by atoms with van der Waals surface area (Å²) in [5.74, 6) is 1.90. The smallest absolute Gasteiger partial charge is 0.161 e. The van der Waals surface area contributed by atoms with Crippen molar-refractivity contribution in [3.8, 4) is 11.5 Å². The van der Waals surface area contributed by atoms with E-state index in [1.54, 1.807) is 7.11 Å². The van der Waals surface area contributed by atoms with Gasteiger partial charge >= 0.3 is 0 Å². The van der Waals surface area contributed by atoms with Gasteiger partial charge in [-0.2, -0.15) is 5.10 Å². The normalized spacial score (nSPS) is 16.6. The van der Waals surface area contributed by atoms with Crippen molar-refractivity contribution in [2.45, 2.75) is 25.5 Å². The summed E-state index contributed by atoms with van der Waals surface area (Å²) in [6.07, 6.45) is 2.96. The number of likely N-dealkylation sites (tertiary alicyclic amines) is 1. The lowest BCUT2D eigenvalue weighted by Crippen LogP contribution is -2.20. The third-order valence-electron chi connectivity index (χ3n) is 5.92. The van der Waals surface area contributed by atoms with Crippen LogP contribution in [0.15, 0.2) is 66.9 Å². The number of para-hydroxylation sites is 2. The predicted octanol–water partition coefficient (Wildman–Crippen LogP) is 4.54. The van der Waals surface area contributed by atoms with Crippen LogP contribution in [0.3, 0.4) is 0 Å². The number of aromatic nitrogens is 3. The third-order valence-corrected chi connectivity index (χ3v) is 5.92. The van der Waals surface area contributed by atoms with Gasteiger partial charge in [-0.05, 0) is 48.9 Å². The van der Waals surface area contributed by atoms with E-state index in [4.69, 9.17) is 9.47 Å². The van der Waals surface area contributed by atoms with Gasteiger partial charge in [0, 0.05) is 30.6 Å². The summed E-state index contributed by atoms with van der Waals surface area (Å²) in [4.78, 5) is 6.99. The molecule has 1 aliphatic heterocycles. The number of H-pyrrole nitrogens is 1. The molecule has 4 aromatic rings. The number of nitrogens with one attached hydrogen (secondary N) is 1. The highest BCUT2D eigenvalue weighted by atomic mass is 16.5. The maximum Gasteiger partial charge on any atom is 0.161 e. The summed E-state index contributed by atoms with van der Waals surface area (Å²) in [7, 11) is 1.65. The van der Waals surface area contributed by atoms with Crippen molar-refractivity contribution in [3.63, 3.8) is 0 Å². The number of rotatable bonds is 7. The molecule has 0 saturated carbocycles. The molecule has 158 valence electrons. The first-order chi connectivity index (χ1) is 15.3. The molecule has 6 heteroatoms. The number of aromatic amines is 1. The minimum Gasteiger partial charge on any atom is -0.493 e. The maximum atomic E-state index is 5.92. The van der Waals surface area contributed by atoms with Gasteiger partial charge in [-0.3, -0.25) is 15.0 Å². The van der Waals surface area contributed by atoms with Crippen LogP contribution in [-0.4, -0.2) is 40.3 Å². The molecule has 0 aliphatic carbocycles. The summed E-state index contributed by atoms with van der Waals surface area (Å²) < 4.78 is 11.3. The van der Waals surface area contributed by atoms with Gasteiger partial charge < -0.3 is 9.47 Å². The van der Waals surface area contributed by atoms with E-state index >= 15 is 0 Å². The van der Waals surface area contributed by atoms with Gasteiger partial charge in [0.25, 0.3) is 0 Å². The summed E-state index contributed by atoms with van der Waals surface area (Å²) >= 11 is 0. The van der Waals surface area contributed by atoms with Gasteiger partial charge in [-0.1, -0.05) is 30.3 Å². The first-order valence-corrected chi connectivity index (χ1v) is 10.6. The molecule has 0 bridgehead atoms. The fraction of sp³-hybridized carbons (Fsp3) is 0.280. The summed E-state index contributed by atoms with van der Waals surface area (Å²) in [6, 6.07) is 20.4. The van der Waals surface area contributed by atoms with Crippen molar-refractivity contribution < 1.29 is 9.47 Å². The molecule has 1 aliphatic rings. The van der Waals surface area contributed by atoms with E-state index in [0.717, 1.165) is 54.5 Å². The zero-order valence-electron chi connectivity index (χ0n) is 17.6. The van der Waals surface area contributed by atoms with Gasteiger partial charge in [0.15, 0.2) is 11.5 Å². The van der Waals surface area contributed by atoms with E-state index in [0.29, 0.717) is 12.5 Å². The number of pyridine rings is 1. The molecule has 1 unspecified atom stereocenters. The second-order valence-corrected chi connectivity index (χ2v) is 7.97. The molecule has 3 heterocycles. The summed E-state index contributed by atoms with van der Waals surface area (Å²) in [5, 5.41) is 8.95. The van der Waals surface area contributed by atoms with Gasteiger partial charge in [0.1, 0.15) is 6.61 Å². The van der Waals surface area contributed by atoms with Crippen LogP contribution in [0.1, 0.15) is 29.3 Å². The topological polar surface area (TPSA) is 63.3 Å². The largest absolute Gasteiger partial charge is 0.493 e. The number of benzene rings is 2. The zero-order chi connectivity index (χ0) is 21.0. The Hall–Kier alpha value is -3.38. The average Bonchev–Trinajstić information content (AvgIpc) is 3.48. The fourth-order valence-corrected chi connectivity index (χ4v) is 4.32. The Morgan fingerprint density at radius 2 is 1.97 bits per heavy atom. The second-order valence-electron chi connectivity index (χ2n) is 7.97. The molecule has 1 fully saturated rings. The number of ether oxygens (including phenoxy) is 2. The number of fused-ring (bicyclic) bond motifs is 1. The number of hydrogen-bond donors (Lipinski definition) is 1. The van der Waals surface area contributed by atoms with E-state index in [-0.39, 0.29) is 0 Å². The zero-order valence-corrected chi connectivity index (χ0v) is 17.6. The average molecular weight is 415 g/mol. The molecule has 0 radical (unpaired) electrons. The molecule has 6 nitrogen and oxygen atoms in total. The van der Waals surface area contributed by atoms with Crippen LogP contribution in [0, 0.1) is 0 Å². The van der Waals surface area contributed by atoms with Crippen molar-refractivity contribution in [2.24, 2.45) is 0 Å². The molecule has 2 aromatic carbocycles. The van der Waals surface area contributed by atoms with Gasteiger partial charge in [-0.15, -0.1) is 0 Å². The number of hydrogen-bond acceptors (Lipinski definition) is 5. The molecule has 0 spiro atoms. The lowest BCUT2D eigenvalue weighted by atomic mass is 10.0. The molecular weight excluding hydrogens is 388 g/mol.